The number of nitrogens with zero attached hydrogens (tertiary/aromatic N) is 1. The van der Waals surface area contributed by atoms with E-state index in [1.165, 1.54) is 17.7 Å². The number of aliphatic hydroxyl groups is 1. The number of amides is 2. The fourth-order valence-corrected chi connectivity index (χ4v) is 4.32. The predicted octanol–water partition coefficient (Wildman–Crippen LogP) is 2.87. The Labute approximate surface area is 164 Å². The SMILES string of the molecule is O=C(NC(CO)CC1CCCC1)C1CCN(C(=O)c2ccc(F)cc2F)CC1. The smallest absolute Gasteiger partial charge is 0.256 e. The molecule has 1 heterocycles. The molecule has 0 radical (unpaired) electrons. The third-order valence-electron chi connectivity index (χ3n) is 5.97. The molecule has 1 saturated carbocycles. The van der Waals surface area contributed by atoms with Gasteiger partial charge in [-0.1, -0.05) is 25.7 Å². The normalized spacial score (nSPS) is 19.6. The molecule has 1 atom stereocenters. The summed E-state index contributed by atoms with van der Waals surface area (Å²) in [5, 5.41) is 12.6. The maximum Gasteiger partial charge on any atom is 0.256 e. The molecule has 1 aromatic carbocycles. The first-order valence-electron chi connectivity index (χ1n) is 10.1. The number of hydrogen-bond acceptors (Lipinski definition) is 3. The Kier molecular flexibility index (Phi) is 6.99. The highest BCUT2D eigenvalue weighted by Gasteiger charge is 2.30. The number of benzene rings is 1. The molecule has 2 fully saturated rings. The van der Waals surface area contributed by atoms with Crippen LogP contribution in [-0.4, -0.2) is 47.6 Å². The van der Waals surface area contributed by atoms with E-state index >= 15 is 0 Å². The van der Waals surface area contributed by atoms with E-state index in [0.29, 0.717) is 37.9 Å². The van der Waals surface area contributed by atoms with Gasteiger partial charge in [-0.25, -0.2) is 8.78 Å². The van der Waals surface area contributed by atoms with Gasteiger partial charge in [0, 0.05) is 25.1 Å². The molecule has 1 aromatic rings. The van der Waals surface area contributed by atoms with E-state index in [4.69, 9.17) is 0 Å². The number of rotatable bonds is 6. The van der Waals surface area contributed by atoms with Gasteiger partial charge in [0.2, 0.25) is 5.91 Å². The molecule has 0 aromatic heterocycles. The summed E-state index contributed by atoms with van der Waals surface area (Å²) in [6.07, 6.45) is 6.54. The quantitative estimate of drug-likeness (QED) is 0.780. The zero-order chi connectivity index (χ0) is 20.1. The van der Waals surface area contributed by atoms with Crippen LogP contribution in [0.5, 0.6) is 0 Å². The van der Waals surface area contributed by atoms with Crippen molar-refractivity contribution in [3.05, 3.63) is 35.4 Å². The Hall–Kier alpha value is -2.02. The van der Waals surface area contributed by atoms with Crippen LogP contribution in [0.1, 0.15) is 55.3 Å². The summed E-state index contributed by atoms with van der Waals surface area (Å²) in [4.78, 5) is 26.5. The molecule has 1 aliphatic heterocycles. The maximum absolute atomic E-state index is 13.8. The van der Waals surface area contributed by atoms with Crippen LogP contribution in [0.2, 0.25) is 0 Å². The number of aliphatic hydroxyl groups excluding tert-OH is 1. The molecule has 0 bridgehead atoms. The van der Waals surface area contributed by atoms with Crippen molar-refractivity contribution in [2.45, 2.75) is 51.0 Å². The van der Waals surface area contributed by atoms with Gasteiger partial charge in [0.05, 0.1) is 18.2 Å². The van der Waals surface area contributed by atoms with Crippen molar-refractivity contribution >= 4 is 11.8 Å². The second kappa shape index (κ2) is 9.45. The van der Waals surface area contributed by atoms with Crippen molar-refractivity contribution in [1.29, 1.82) is 0 Å². The van der Waals surface area contributed by atoms with E-state index < -0.39 is 17.5 Å². The summed E-state index contributed by atoms with van der Waals surface area (Å²) < 4.78 is 26.9. The van der Waals surface area contributed by atoms with Crippen LogP contribution < -0.4 is 5.32 Å². The molecule has 28 heavy (non-hydrogen) atoms. The van der Waals surface area contributed by atoms with Gasteiger partial charge in [-0.05, 0) is 37.3 Å². The Morgan fingerprint density at radius 1 is 1.14 bits per heavy atom. The lowest BCUT2D eigenvalue weighted by Gasteiger charge is -2.32. The summed E-state index contributed by atoms with van der Waals surface area (Å²) in [6.45, 7) is 0.629. The summed E-state index contributed by atoms with van der Waals surface area (Å²) in [6, 6.07) is 2.70. The van der Waals surface area contributed by atoms with Crippen LogP contribution >= 0.6 is 0 Å². The van der Waals surface area contributed by atoms with Crippen molar-refractivity contribution < 1.29 is 23.5 Å². The van der Waals surface area contributed by atoms with E-state index in [1.807, 2.05) is 0 Å². The van der Waals surface area contributed by atoms with Gasteiger partial charge in [-0.15, -0.1) is 0 Å². The van der Waals surface area contributed by atoms with Gasteiger partial charge >= 0.3 is 0 Å². The first-order valence-corrected chi connectivity index (χ1v) is 10.1. The molecular formula is C21H28F2N2O3. The summed E-state index contributed by atoms with van der Waals surface area (Å²) in [5.74, 6) is -1.81. The van der Waals surface area contributed by atoms with Crippen molar-refractivity contribution in [2.24, 2.45) is 11.8 Å². The molecule has 7 heteroatoms. The molecule has 0 spiro atoms. The lowest BCUT2D eigenvalue weighted by atomic mass is 9.93. The highest BCUT2D eigenvalue weighted by Crippen LogP contribution is 2.29. The molecule has 3 rings (SSSR count). The topological polar surface area (TPSA) is 69.6 Å². The second-order valence-corrected chi connectivity index (χ2v) is 7.96. The Morgan fingerprint density at radius 3 is 2.43 bits per heavy atom. The van der Waals surface area contributed by atoms with Crippen molar-refractivity contribution in [3.63, 3.8) is 0 Å². The average Bonchev–Trinajstić information content (AvgIpc) is 3.20. The van der Waals surface area contributed by atoms with Crippen molar-refractivity contribution in [3.8, 4) is 0 Å². The number of piperidine rings is 1. The van der Waals surface area contributed by atoms with Crippen molar-refractivity contribution in [1.82, 2.24) is 10.2 Å². The van der Waals surface area contributed by atoms with Crippen LogP contribution in [0, 0.1) is 23.5 Å². The Bertz CT molecular complexity index is 699. The number of likely N-dealkylation sites (tertiary alicyclic amines) is 1. The lowest BCUT2D eigenvalue weighted by molar-refractivity contribution is -0.127. The molecule has 1 unspecified atom stereocenters. The number of carbonyl (C=O) groups is 2. The van der Waals surface area contributed by atoms with Crippen LogP contribution in [0.3, 0.4) is 0 Å². The first-order chi connectivity index (χ1) is 13.5. The Balaban J connectivity index is 1.49. The van der Waals surface area contributed by atoms with Crippen LogP contribution in [0.4, 0.5) is 8.78 Å². The molecule has 154 valence electrons. The number of halogens is 2. The second-order valence-electron chi connectivity index (χ2n) is 7.96. The minimum atomic E-state index is -0.873. The van der Waals surface area contributed by atoms with E-state index in [-0.39, 0.29) is 30.0 Å². The third-order valence-corrected chi connectivity index (χ3v) is 5.97. The third kappa shape index (κ3) is 5.07. The maximum atomic E-state index is 13.8. The van der Waals surface area contributed by atoms with Gasteiger partial charge in [0.25, 0.3) is 5.91 Å². The standard InChI is InChI=1S/C21H28F2N2O3/c22-16-5-6-18(19(23)12-16)21(28)25-9-7-15(8-10-25)20(27)24-17(13-26)11-14-3-1-2-4-14/h5-6,12,14-15,17,26H,1-4,7-11,13H2,(H,24,27). The molecule has 5 nitrogen and oxygen atoms in total. The molecule has 1 aliphatic carbocycles. The fourth-order valence-electron chi connectivity index (χ4n) is 4.32. The monoisotopic (exact) mass is 394 g/mol. The summed E-state index contributed by atoms with van der Waals surface area (Å²) in [5.41, 5.74) is -0.152. The van der Waals surface area contributed by atoms with E-state index in [2.05, 4.69) is 5.32 Å². The summed E-state index contributed by atoms with van der Waals surface area (Å²) >= 11 is 0. The Morgan fingerprint density at radius 2 is 1.82 bits per heavy atom. The first kappa shape index (κ1) is 20.7. The predicted molar refractivity (Wildman–Crippen MR) is 101 cm³/mol. The fraction of sp³-hybridized carbons (Fsp3) is 0.619. The minimum Gasteiger partial charge on any atom is -0.394 e. The molecular weight excluding hydrogens is 366 g/mol. The number of carbonyl (C=O) groups excluding carboxylic acids is 2. The van der Waals surface area contributed by atoms with Crippen LogP contribution in [0.25, 0.3) is 0 Å². The van der Waals surface area contributed by atoms with Crippen LogP contribution in [-0.2, 0) is 4.79 Å². The minimum absolute atomic E-state index is 0.0661. The zero-order valence-corrected chi connectivity index (χ0v) is 16.0. The van der Waals surface area contributed by atoms with E-state index in [0.717, 1.165) is 31.4 Å². The van der Waals surface area contributed by atoms with Crippen LogP contribution in [0.15, 0.2) is 18.2 Å². The van der Waals surface area contributed by atoms with E-state index in [1.54, 1.807) is 0 Å². The summed E-state index contributed by atoms with van der Waals surface area (Å²) in [7, 11) is 0. The van der Waals surface area contributed by atoms with Gasteiger partial charge in [0.1, 0.15) is 11.6 Å². The van der Waals surface area contributed by atoms with Gasteiger partial charge in [-0.3, -0.25) is 9.59 Å². The molecule has 1 saturated heterocycles. The highest BCUT2D eigenvalue weighted by molar-refractivity contribution is 5.94. The van der Waals surface area contributed by atoms with Gasteiger partial charge < -0.3 is 15.3 Å². The highest BCUT2D eigenvalue weighted by atomic mass is 19.1. The van der Waals surface area contributed by atoms with Crippen molar-refractivity contribution in [2.75, 3.05) is 19.7 Å². The number of nitrogens with one attached hydrogen (secondary N) is 1. The molecule has 2 amide bonds. The lowest BCUT2D eigenvalue weighted by Crippen LogP contribution is -2.46. The van der Waals surface area contributed by atoms with Gasteiger partial charge in [-0.2, -0.15) is 0 Å². The largest absolute Gasteiger partial charge is 0.394 e. The zero-order valence-electron chi connectivity index (χ0n) is 16.0. The molecule has 2 N–H and O–H groups in total. The molecule has 2 aliphatic rings. The van der Waals surface area contributed by atoms with E-state index in [9.17, 15) is 23.5 Å². The average molecular weight is 394 g/mol. The number of hydrogen-bond donors (Lipinski definition) is 2. The van der Waals surface area contributed by atoms with Gasteiger partial charge in [0.15, 0.2) is 0 Å².